The Kier molecular flexibility index (Phi) is 1.67. The fraction of sp³-hybridized carbons (Fsp3) is 0.333. The molecule has 0 N–H and O–H groups in total. The maximum absolute atomic E-state index is 3.88. The van der Waals surface area contributed by atoms with Gasteiger partial charge < -0.3 is 4.57 Å². The van der Waals surface area contributed by atoms with Crippen molar-refractivity contribution in [3.05, 3.63) is 25.6 Å². The molecule has 0 saturated heterocycles. The third-order valence-electron chi connectivity index (χ3n) is 0.976. The van der Waals surface area contributed by atoms with E-state index in [0.29, 0.717) is 0 Å². The predicted octanol–water partition coefficient (Wildman–Crippen LogP) is 1.11. The summed E-state index contributed by atoms with van der Waals surface area (Å²) in [4.78, 5) is 3.88. The molecule has 2 heteroatoms. The first kappa shape index (κ1) is 5.35. The second kappa shape index (κ2) is 2.50. The number of hydrogen-bond donors (Lipinski definition) is 0. The maximum Gasteiger partial charge on any atom is 0.0945 e. The summed E-state index contributed by atoms with van der Waals surface area (Å²) in [5.41, 5.74) is 0. The summed E-state index contributed by atoms with van der Waals surface area (Å²) in [6.45, 7) is 4.68. The Balaban J connectivity index is 2.50. The molecular formula is C6H9N2. The lowest BCUT2D eigenvalue weighted by molar-refractivity contribution is 0.707. The van der Waals surface area contributed by atoms with E-state index in [0.717, 1.165) is 13.0 Å². The molecule has 0 aliphatic heterocycles. The Bertz CT molecular complexity index is 132. The third-order valence-corrected chi connectivity index (χ3v) is 0.976. The Morgan fingerprint density at radius 2 is 2.50 bits per heavy atom. The molecule has 1 radical (unpaired) electrons. The van der Waals surface area contributed by atoms with Gasteiger partial charge in [-0.2, -0.15) is 0 Å². The fourth-order valence-corrected chi connectivity index (χ4v) is 0.602. The van der Waals surface area contributed by atoms with Crippen LogP contribution in [0.15, 0.2) is 18.7 Å². The van der Waals surface area contributed by atoms with Crippen molar-refractivity contribution in [2.24, 2.45) is 0 Å². The molecular weight excluding hydrogens is 100 g/mol. The normalized spacial score (nSPS) is 9.62. The Morgan fingerprint density at radius 1 is 1.62 bits per heavy atom. The Hall–Kier alpha value is -0.790. The van der Waals surface area contributed by atoms with Crippen molar-refractivity contribution >= 4 is 0 Å². The van der Waals surface area contributed by atoms with Crippen molar-refractivity contribution in [1.29, 1.82) is 0 Å². The molecule has 0 atom stereocenters. The van der Waals surface area contributed by atoms with Gasteiger partial charge in [0, 0.05) is 18.9 Å². The number of aryl methyl sites for hydroxylation is 1. The van der Waals surface area contributed by atoms with E-state index in [9.17, 15) is 0 Å². The van der Waals surface area contributed by atoms with Crippen LogP contribution in [0.25, 0.3) is 0 Å². The van der Waals surface area contributed by atoms with Gasteiger partial charge in [0.05, 0.1) is 6.33 Å². The molecule has 1 rings (SSSR count). The molecule has 43 valence electrons. The summed E-state index contributed by atoms with van der Waals surface area (Å²) in [5.74, 6) is 0. The highest BCUT2D eigenvalue weighted by Crippen LogP contribution is 1.86. The third kappa shape index (κ3) is 1.09. The molecule has 0 spiro atoms. The second-order valence-electron chi connectivity index (χ2n) is 1.65. The summed E-state index contributed by atoms with van der Waals surface area (Å²) in [5, 5.41) is 0. The quantitative estimate of drug-likeness (QED) is 0.556. The number of nitrogens with zero attached hydrogens (tertiary/aromatic N) is 2. The summed E-state index contributed by atoms with van der Waals surface area (Å²) in [6, 6.07) is 0. The van der Waals surface area contributed by atoms with Crippen LogP contribution in [0.5, 0.6) is 0 Å². The molecule has 1 heterocycles. The lowest BCUT2D eigenvalue weighted by Gasteiger charge is -1.93. The molecule has 0 aliphatic carbocycles. The molecule has 0 fully saturated rings. The minimum atomic E-state index is 0.927. The highest BCUT2D eigenvalue weighted by Gasteiger charge is 1.82. The summed E-state index contributed by atoms with van der Waals surface area (Å²) < 4.78 is 2.01. The molecule has 1 aromatic heterocycles. The molecule has 8 heavy (non-hydrogen) atoms. The van der Waals surface area contributed by atoms with Crippen LogP contribution in [0.2, 0.25) is 0 Å². The van der Waals surface area contributed by atoms with E-state index >= 15 is 0 Å². The topological polar surface area (TPSA) is 17.8 Å². The van der Waals surface area contributed by atoms with Gasteiger partial charge in [0.15, 0.2) is 0 Å². The van der Waals surface area contributed by atoms with Crippen molar-refractivity contribution in [2.75, 3.05) is 0 Å². The van der Waals surface area contributed by atoms with Crippen LogP contribution in [0.4, 0.5) is 0 Å². The SMILES string of the molecule is [CH2]CCn1ccnc1. The zero-order chi connectivity index (χ0) is 5.82. The van der Waals surface area contributed by atoms with E-state index in [2.05, 4.69) is 11.9 Å². The van der Waals surface area contributed by atoms with Crippen molar-refractivity contribution in [3.63, 3.8) is 0 Å². The van der Waals surface area contributed by atoms with Crippen LogP contribution in [0.1, 0.15) is 6.42 Å². The lowest BCUT2D eigenvalue weighted by Crippen LogP contribution is -1.90. The molecule has 0 unspecified atom stereocenters. The number of hydrogen-bond acceptors (Lipinski definition) is 1. The molecule has 0 aliphatic rings. The first-order valence-corrected chi connectivity index (χ1v) is 2.68. The van der Waals surface area contributed by atoms with Crippen molar-refractivity contribution in [2.45, 2.75) is 13.0 Å². The Labute approximate surface area is 49.2 Å². The molecule has 0 amide bonds. The van der Waals surface area contributed by atoms with Gasteiger partial charge in [-0.3, -0.25) is 0 Å². The van der Waals surface area contributed by atoms with Crippen molar-refractivity contribution in [3.8, 4) is 0 Å². The molecule has 0 bridgehead atoms. The van der Waals surface area contributed by atoms with Gasteiger partial charge >= 0.3 is 0 Å². The number of rotatable bonds is 2. The van der Waals surface area contributed by atoms with Crippen LogP contribution in [0, 0.1) is 6.92 Å². The van der Waals surface area contributed by atoms with E-state index in [1.807, 2.05) is 10.8 Å². The minimum absolute atomic E-state index is 0.927. The number of imidazole rings is 1. The molecule has 0 saturated carbocycles. The average molecular weight is 109 g/mol. The zero-order valence-corrected chi connectivity index (χ0v) is 4.75. The van der Waals surface area contributed by atoms with E-state index in [1.165, 1.54) is 0 Å². The highest BCUT2D eigenvalue weighted by atomic mass is 15.0. The molecule has 1 aromatic rings. The van der Waals surface area contributed by atoms with E-state index < -0.39 is 0 Å². The highest BCUT2D eigenvalue weighted by molar-refractivity contribution is 4.73. The van der Waals surface area contributed by atoms with Gasteiger partial charge in [-0.05, 0) is 6.42 Å². The van der Waals surface area contributed by atoms with Gasteiger partial charge in [0.1, 0.15) is 0 Å². The fourth-order valence-electron chi connectivity index (χ4n) is 0.602. The lowest BCUT2D eigenvalue weighted by atomic mass is 10.5. The summed E-state index contributed by atoms with van der Waals surface area (Å²) >= 11 is 0. The minimum Gasteiger partial charge on any atom is -0.337 e. The monoisotopic (exact) mass is 109 g/mol. The maximum atomic E-state index is 3.88. The van der Waals surface area contributed by atoms with E-state index in [-0.39, 0.29) is 0 Å². The van der Waals surface area contributed by atoms with Crippen LogP contribution >= 0.6 is 0 Å². The first-order valence-electron chi connectivity index (χ1n) is 2.68. The largest absolute Gasteiger partial charge is 0.337 e. The second-order valence-corrected chi connectivity index (χ2v) is 1.65. The smallest absolute Gasteiger partial charge is 0.0945 e. The van der Waals surface area contributed by atoms with Crippen molar-refractivity contribution < 1.29 is 0 Å². The first-order chi connectivity index (χ1) is 3.93. The standard InChI is InChI=1S/C6H9N2/c1-2-4-8-5-3-7-6-8/h3,5-6H,1-2,4H2. The van der Waals surface area contributed by atoms with Crippen molar-refractivity contribution in [1.82, 2.24) is 9.55 Å². The van der Waals surface area contributed by atoms with Crippen LogP contribution in [-0.4, -0.2) is 9.55 Å². The van der Waals surface area contributed by atoms with Gasteiger partial charge in [-0.25, -0.2) is 4.98 Å². The summed E-state index contributed by atoms with van der Waals surface area (Å²) in [6.07, 6.45) is 6.43. The van der Waals surface area contributed by atoms with Gasteiger partial charge in [0.2, 0.25) is 0 Å². The summed E-state index contributed by atoms with van der Waals surface area (Å²) in [7, 11) is 0. The molecule has 2 nitrogen and oxygen atoms in total. The van der Waals surface area contributed by atoms with E-state index in [1.54, 1.807) is 12.5 Å². The molecule has 0 aromatic carbocycles. The van der Waals surface area contributed by atoms with Crippen LogP contribution in [-0.2, 0) is 6.54 Å². The zero-order valence-electron chi connectivity index (χ0n) is 4.75. The van der Waals surface area contributed by atoms with Gasteiger partial charge in [-0.15, -0.1) is 0 Å². The van der Waals surface area contributed by atoms with Gasteiger partial charge in [-0.1, -0.05) is 6.92 Å². The van der Waals surface area contributed by atoms with Crippen LogP contribution < -0.4 is 0 Å². The van der Waals surface area contributed by atoms with E-state index in [4.69, 9.17) is 0 Å². The van der Waals surface area contributed by atoms with Crippen LogP contribution in [0.3, 0.4) is 0 Å². The Morgan fingerprint density at radius 3 is 3.00 bits per heavy atom. The van der Waals surface area contributed by atoms with Gasteiger partial charge in [0.25, 0.3) is 0 Å². The predicted molar refractivity (Wildman–Crippen MR) is 32.2 cm³/mol. The average Bonchev–Trinajstić information content (AvgIpc) is 2.19. The number of aromatic nitrogens is 2.